The zero-order valence-electron chi connectivity index (χ0n) is 17.4. The number of aromatic nitrogens is 1. The molecule has 0 radical (unpaired) electrons. The van der Waals surface area contributed by atoms with Gasteiger partial charge in [-0.1, -0.05) is 18.2 Å². The number of aromatic amines is 1. The monoisotopic (exact) mass is 396 g/mol. The highest BCUT2D eigenvalue weighted by Gasteiger charge is 2.20. The summed E-state index contributed by atoms with van der Waals surface area (Å²) in [6, 6.07) is 9.88. The predicted octanol–water partition coefficient (Wildman–Crippen LogP) is 3.76. The summed E-state index contributed by atoms with van der Waals surface area (Å²) in [5.74, 6) is 0.168. The Labute approximate surface area is 170 Å². The predicted molar refractivity (Wildman–Crippen MR) is 113 cm³/mol. The lowest BCUT2D eigenvalue weighted by Gasteiger charge is -2.22. The van der Waals surface area contributed by atoms with Gasteiger partial charge in [-0.05, 0) is 56.9 Å². The number of H-pyrrole nitrogens is 1. The lowest BCUT2D eigenvalue weighted by molar-refractivity contribution is 0.0160. The maximum absolute atomic E-state index is 12.4. The largest absolute Gasteiger partial charge is 0.427 e. The first-order valence-electron chi connectivity index (χ1n) is 9.83. The van der Waals surface area contributed by atoms with Crippen LogP contribution < -0.4 is 10.9 Å². The second kappa shape index (κ2) is 8.66. The number of amides is 1. The lowest BCUT2D eigenvalue weighted by Crippen LogP contribution is -2.34. The van der Waals surface area contributed by atoms with E-state index in [1.54, 1.807) is 20.1 Å². The molecular weight excluding hydrogens is 368 g/mol. The van der Waals surface area contributed by atoms with Crippen molar-refractivity contribution in [2.24, 2.45) is 0 Å². The van der Waals surface area contributed by atoms with Crippen LogP contribution in [0.1, 0.15) is 47.5 Å². The van der Waals surface area contributed by atoms with E-state index in [0.717, 1.165) is 11.9 Å². The van der Waals surface area contributed by atoms with E-state index in [1.807, 2.05) is 38.2 Å². The first kappa shape index (κ1) is 20.9. The van der Waals surface area contributed by atoms with Crippen molar-refractivity contribution in [3.8, 4) is 0 Å². The Morgan fingerprint density at radius 3 is 2.72 bits per heavy atom. The van der Waals surface area contributed by atoms with E-state index >= 15 is 0 Å². The zero-order valence-corrected chi connectivity index (χ0v) is 17.4. The van der Waals surface area contributed by atoms with Gasteiger partial charge in [0, 0.05) is 37.2 Å². The Morgan fingerprint density at radius 2 is 2.00 bits per heavy atom. The topological polar surface area (TPSA) is 84.3 Å². The van der Waals surface area contributed by atoms with Gasteiger partial charge in [0.05, 0.1) is 5.60 Å². The van der Waals surface area contributed by atoms with Crippen LogP contribution in [0.2, 0.25) is 0 Å². The minimum atomic E-state index is -0.595. The normalized spacial score (nSPS) is 11.7. The molecule has 0 spiro atoms. The van der Waals surface area contributed by atoms with E-state index in [1.165, 1.54) is 10.9 Å². The number of fused-ring (bicyclic) bond motifs is 1. The molecule has 0 fully saturated rings. The highest BCUT2D eigenvalue weighted by Crippen LogP contribution is 2.20. The molecule has 3 aromatic rings. The fourth-order valence-corrected chi connectivity index (χ4v) is 3.33. The van der Waals surface area contributed by atoms with Crippen LogP contribution in [-0.2, 0) is 17.6 Å². The van der Waals surface area contributed by atoms with Gasteiger partial charge in [0.25, 0.3) is 5.91 Å². The first-order valence-corrected chi connectivity index (χ1v) is 9.83. The van der Waals surface area contributed by atoms with Crippen molar-refractivity contribution in [2.75, 3.05) is 13.7 Å². The summed E-state index contributed by atoms with van der Waals surface area (Å²) >= 11 is 0. The molecule has 0 aliphatic carbocycles. The maximum atomic E-state index is 12.4. The summed E-state index contributed by atoms with van der Waals surface area (Å²) in [6.07, 6.45) is 3.95. The molecule has 0 saturated heterocycles. The summed E-state index contributed by atoms with van der Waals surface area (Å²) in [4.78, 5) is 28.1. The number of methoxy groups -OCH3 is 1. The molecule has 6 heteroatoms. The highest BCUT2D eigenvalue weighted by molar-refractivity contribution is 5.95. The Hall–Kier alpha value is -2.86. The molecule has 1 amide bonds. The number of rotatable bonds is 8. The third kappa shape index (κ3) is 4.95. The molecule has 2 aromatic heterocycles. The molecule has 1 aromatic carbocycles. The van der Waals surface area contributed by atoms with Gasteiger partial charge in [0.15, 0.2) is 0 Å². The summed E-state index contributed by atoms with van der Waals surface area (Å²) in [6.45, 7) is 6.07. The number of para-hydroxylation sites is 1. The maximum Gasteiger partial charge on any atom is 0.349 e. The Morgan fingerprint density at radius 1 is 1.24 bits per heavy atom. The SMILES string of the molecule is COC(C)(C)CCNC(=O)c1c(C)cc(CCc2c[nH]c3ccccc23)oc1=O. The van der Waals surface area contributed by atoms with Gasteiger partial charge in [0.1, 0.15) is 11.3 Å². The van der Waals surface area contributed by atoms with Gasteiger partial charge in [-0.3, -0.25) is 4.79 Å². The van der Waals surface area contributed by atoms with E-state index in [0.29, 0.717) is 30.7 Å². The number of carbonyl (C=O) groups is 1. The van der Waals surface area contributed by atoms with Crippen LogP contribution in [0.25, 0.3) is 10.9 Å². The molecule has 0 bridgehead atoms. The van der Waals surface area contributed by atoms with Crippen molar-refractivity contribution in [2.45, 2.75) is 45.6 Å². The van der Waals surface area contributed by atoms with E-state index in [4.69, 9.17) is 9.15 Å². The van der Waals surface area contributed by atoms with E-state index in [2.05, 4.69) is 16.4 Å². The van der Waals surface area contributed by atoms with E-state index in [9.17, 15) is 9.59 Å². The quantitative estimate of drug-likeness (QED) is 0.607. The number of hydrogen-bond donors (Lipinski definition) is 2. The van der Waals surface area contributed by atoms with Gasteiger partial charge < -0.3 is 19.5 Å². The van der Waals surface area contributed by atoms with Gasteiger partial charge in [-0.2, -0.15) is 0 Å². The molecule has 0 unspecified atom stereocenters. The van der Waals surface area contributed by atoms with Crippen LogP contribution in [-0.4, -0.2) is 30.1 Å². The van der Waals surface area contributed by atoms with Crippen molar-refractivity contribution in [1.29, 1.82) is 0 Å². The number of benzene rings is 1. The van der Waals surface area contributed by atoms with Crippen molar-refractivity contribution in [1.82, 2.24) is 10.3 Å². The standard InChI is InChI=1S/C23H28N2O4/c1-15-13-17(10-9-16-14-25-19-8-6-5-7-18(16)19)29-22(27)20(15)21(26)24-12-11-23(2,3)28-4/h5-8,13-14,25H,9-12H2,1-4H3,(H,24,26). The molecule has 2 N–H and O–H groups in total. The summed E-state index contributed by atoms with van der Waals surface area (Å²) in [5.41, 5.74) is 2.02. The van der Waals surface area contributed by atoms with Crippen LogP contribution in [0.15, 0.2) is 45.7 Å². The van der Waals surface area contributed by atoms with E-state index in [-0.39, 0.29) is 11.2 Å². The highest BCUT2D eigenvalue weighted by atomic mass is 16.5. The second-order valence-electron chi connectivity index (χ2n) is 7.89. The first-order chi connectivity index (χ1) is 13.8. The third-order valence-electron chi connectivity index (χ3n) is 5.31. The van der Waals surface area contributed by atoms with Crippen LogP contribution in [0, 0.1) is 6.92 Å². The van der Waals surface area contributed by atoms with Crippen molar-refractivity contribution < 1.29 is 13.9 Å². The lowest BCUT2D eigenvalue weighted by atomic mass is 10.0. The van der Waals surface area contributed by atoms with Crippen LogP contribution >= 0.6 is 0 Å². The molecule has 6 nitrogen and oxygen atoms in total. The fraction of sp³-hybridized carbons (Fsp3) is 0.391. The van der Waals surface area contributed by atoms with Crippen molar-refractivity contribution >= 4 is 16.8 Å². The number of hydrogen-bond acceptors (Lipinski definition) is 4. The minimum Gasteiger partial charge on any atom is -0.427 e. The second-order valence-corrected chi connectivity index (χ2v) is 7.89. The van der Waals surface area contributed by atoms with Gasteiger partial charge >= 0.3 is 5.63 Å². The van der Waals surface area contributed by atoms with Gasteiger partial charge in [-0.25, -0.2) is 4.79 Å². The molecule has 2 heterocycles. The molecule has 0 aliphatic heterocycles. The molecule has 0 saturated carbocycles. The molecule has 0 aliphatic rings. The van der Waals surface area contributed by atoms with Crippen molar-refractivity contribution in [3.05, 3.63) is 69.4 Å². The number of aryl methyl sites for hydroxylation is 3. The fourth-order valence-electron chi connectivity index (χ4n) is 3.33. The molecule has 3 rings (SSSR count). The summed E-state index contributed by atoms with van der Waals surface area (Å²) < 4.78 is 10.8. The van der Waals surface area contributed by atoms with Crippen LogP contribution in [0.3, 0.4) is 0 Å². The Balaban J connectivity index is 1.67. The van der Waals surface area contributed by atoms with Gasteiger partial charge in [-0.15, -0.1) is 0 Å². The Kier molecular flexibility index (Phi) is 6.23. The Bertz CT molecular complexity index is 1060. The zero-order chi connectivity index (χ0) is 21.0. The number of carbonyl (C=O) groups excluding carboxylic acids is 1. The number of nitrogens with one attached hydrogen (secondary N) is 2. The van der Waals surface area contributed by atoms with Crippen LogP contribution in [0.4, 0.5) is 0 Å². The van der Waals surface area contributed by atoms with Crippen LogP contribution in [0.5, 0.6) is 0 Å². The van der Waals surface area contributed by atoms with Gasteiger partial charge in [0.2, 0.25) is 0 Å². The van der Waals surface area contributed by atoms with E-state index < -0.39 is 11.5 Å². The summed E-state index contributed by atoms with van der Waals surface area (Å²) in [5, 5.41) is 3.95. The van der Waals surface area contributed by atoms with Crippen molar-refractivity contribution in [3.63, 3.8) is 0 Å². The summed E-state index contributed by atoms with van der Waals surface area (Å²) in [7, 11) is 1.63. The minimum absolute atomic E-state index is 0.0658. The molecule has 154 valence electrons. The molecule has 0 atom stereocenters. The smallest absolute Gasteiger partial charge is 0.349 e. The third-order valence-corrected chi connectivity index (χ3v) is 5.31. The molecule has 29 heavy (non-hydrogen) atoms. The average molecular weight is 396 g/mol. The number of ether oxygens (including phenoxy) is 1. The average Bonchev–Trinajstić information content (AvgIpc) is 3.09. The molecular formula is C23H28N2O4.